The number of alkyl halides is 3. The fraction of sp³-hybridized carbons (Fsp3) is 0.538. The minimum atomic E-state index is -4.25. The van der Waals surface area contributed by atoms with Crippen molar-refractivity contribution in [2.75, 3.05) is 27.4 Å². The monoisotopic (exact) mass is 329 g/mol. The van der Waals surface area contributed by atoms with Crippen LogP contribution in [0.3, 0.4) is 0 Å². The summed E-state index contributed by atoms with van der Waals surface area (Å²) in [6.07, 6.45) is -4.71. The number of nitrogens with two attached hydrogens (primary N) is 1. The van der Waals surface area contributed by atoms with Gasteiger partial charge in [0.25, 0.3) is 0 Å². The van der Waals surface area contributed by atoms with Gasteiger partial charge >= 0.3 is 6.18 Å². The van der Waals surface area contributed by atoms with E-state index in [2.05, 4.69) is 0 Å². The molecule has 0 saturated carbocycles. The molecule has 0 aliphatic carbocycles. The number of ether oxygens (including phenoxy) is 3. The van der Waals surface area contributed by atoms with Crippen LogP contribution in [0, 0.1) is 0 Å². The molecule has 0 bridgehead atoms. The van der Waals surface area contributed by atoms with Gasteiger partial charge in [0.1, 0.15) is 5.75 Å². The van der Waals surface area contributed by atoms with Gasteiger partial charge in [-0.25, -0.2) is 0 Å². The Bertz CT molecular complexity index is 441. The summed E-state index contributed by atoms with van der Waals surface area (Å²) in [5.41, 5.74) is 6.30. The Morgan fingerprint density at radius 3 is 2.14 bits per heavy atom. The van der Waals surface area contributed by atoms with Crippen LogP contribution in [0.1, 0.15) is 12.0 Å². The summed E-state index contributed by atoms with van der Waals surface area (Å²) in [7, 11) is 2.89. The minimum absolute atomic E-state index is 0. The van der Waals surface area contributed by atoms with Gasteiger partial charge in [0.2, 0.25) is 0 Å². The van der Waals surface area contributed by atoms with Crippen LogP contribution in [0.15, 0.2) is 12.1 Å². The number of hydrogen-bond donors (Lipinski definition) is 1. The van der Waals surface area contributed by atoms with Crippen molar-refractivity contribution in [1.29, 1.82) is 0 Å². The van der Waals surface area contributed by atoms with Crippen LogP contribution in [-0.2, 0) is 6.42 Å². The Balaban J connectivity index is 0.00000400. The lowest BCUT2D eigenvalue weighted by Crippen LogP contribution is -2.13. The summed E-state index contributed by atoms with van der Waals surface area (Å²) in [6.45, 7) is -0.0486. The van der Waals surface area contributed by atoms with Gasteiger partial charge in [-0.2, -0.15) is 13.2 Å². The molecule has 0 aliphatic rings. The van der Waals surface area contributed by atoms with Gasteiger partial charge in [-0.05, 0) is 24.6 Å². The molecule has 0 aromatic heterocycles. The predicted molar refractivity (Wildman–Crippen MR) is 75.7 cm³/mol. The van der Waals surface area contributed by atoms with Gasteiger partial charge < -0.3 is 19.9 Å². The molecule has 1 rings (SSSR count). The molecule has 0 heterocycles. The molecular formula is C13H19ClF3NO3. The third kappa shape index (κ3) is 6.31. The van der Waals surface area contributed by atoms with Crippen LogP contribution in [0.4, 0.5) is 13.2 Å². The second kappa shape index (κ2) is 8.84. The van der Waals surface area contributed by atoms with Crippen molar-refractivity contribution < 1.29 is 27.4 Å². The van der Waals surface area contributed by atoms with E-state index in [1.165, 1.54) is 20.3 Å². The predicted octanol–water partition coefficient (Wildman–Crippen LogP) is 2.96. The molecule has 8 heteroatoms. The quantitative estimate of drug-likeness (QED) is 0.835. The summed E-state index contributed by atoms with van der Waals surface area (Å²) in [5.74, 6) is 1.09. The standard InChI is InChI=1S/C13H18F3NO3.ClH/c1-18-10-8-12(20-6-4-13(14,15)16)11(19-2)7-9(10)3-5-17;/h7-8H,3-6,17H2,1-2H3;1H. The van der Waals surface area contributed by atoms with Crippen molar-refractivity contribution in [1.82, 2.24) is 0 Å². The topological polar surface area (TPSA) is 53.7 Å². The van der Waals surface area contributed by atoms with Gasteiger partial charge in [-0.15, -0.1) is 12.4 Å². The Hall–Kier alpha value is -1.34. The summed E-state index contributed by atoms with van der Waals surface area (Å²) < 4.78 is 51.7. The molecule has 1 aromatic carbocycles. The van der Waals surface area contributed by atoms with Crippen LogP contribution < -0.4 is 19.9 Å². The summed E-state index contributed by atoms with van der Waals surface area (Å²) in [5, 5.41) is 0. The van der Waals surface area contributed by atoms with Crippen molar-refractivity contribution in [2.45, 2.75) is 19.0 Å². The third-order valence-corrected chi connectivity index (χ3v) is 2.62. The number of halogens is 4. The Labute approximate surface area is 127 Å². The van der Waals surface area contributed by atoms with E-state index >= 15 is 0 Å². The normalized spacial score (nSPS) is 10.8. The van der Waals surface area contributed by atoms with Crippen LogP contribution in [-0.4, -0.2) is 33.5 Å². The van der Waals surface area contributed by atoms with Crippen molar-refractivity contribution in [3.8, 4) is 17.2 Å². The molecule has 0 radical (unpaired) electrons. The first-order valence-corrected chi connectivity index (χ1v) is 6.05. The Morgan fingerprint density at radius 1 is 1.05 bits per heavy atom. The molecule has 0 aliphatic heterocycles. The van der Waals surface area contributed by atoms with Gasteiger partial charge in [0.15, 0.2) is 11.5 Å². The van der Waals surface area contributed by atoms with Gasteiger partial charge in [-0.1, -0.05) is 0 Å². The zero-order valence-electron chi connectivity index (χ0n) is 11.8. The molecule has 0 saturated heterocycles. The van der Waals surface area contributed by atoms with E-state index in [9.17, 15) is 13.2 Å². The minimum Gasteiger partial charge on any atom is -0.496 e. The van der Waals surface area contributed by atoms with E-state index in [0.717, 1.165) is 5.56 Å². The van der Waals surface area contributed by atoms with Gasteiger partial charge in [0, 0.05) is 6.07 Å². The molecule has 0 atom stereocenters. The van der Waals surface area contributed by atoms with Crippen LogP contribution in [0.5, 0.6) is 17.2 Å². The maximum atomic E-state index is 12.1. The number of methoxy groups -OCH3 is 2. The Kier molecular flexibility index (Phi) is 8.27. The number of benzene rings is 1. The largest absolute Gasteiger partial charge is 0.496 e. The number of hydrogen-bond acceptors (Lipinski definition) is 4. The molecule has 0 spiro atoms. The van der Waals surface area contributed by atoms with Crippen molar-refractivity contribution in [3.63, 3.8) is 0 Å². The second-order valence-corrected chi connectivity index (χ2v) is 4.07. The van der Waals surface area contributed by atoms with Crippen LogP contribution >= 0.6 is 12.4 Å². The first kappa shape index (κ1) is 19.7. The molecule has 21 heavy (non-hydrogen) atoms. The molecular weight excluding hydrogens is 311 g/mol. The lowest BCUT2D eigenvalue weighted by atomic mass is 10.1. The molecule has 122 valence electrons. The third-order valence-electron chi connectivity index (χ3n) is 2.62. The van der Waals surface area contributed by atoms with E-state index in [4.69, 9.17) is 19.9 Å². The summed E-state index contributed by atoms with van der Waals surface area (Å²) in [6, 6.07) is 3.18. The smallest absolute Gasteiger partial charge is 0.392 e. The van der Waals surface area contributed by atoms with Crippen molar-refractivity contribution >= 4 is 12.4 Å². The number of rotatable bonds is 7. The maximum absolute atomic E-state index is 12.1. The molecule has 2 N–H and O–H groups in total. The van der Waals surface area contributed by atoms with E-state index in [1.54, 1.807) is 6.07 Å². The average Bonchev–Trinajstić information content (AvgIpc) is 2.38. The molecule has 0 unspecified atom stereocenters. The van der Waals surface area contributed by atoms with Crippen molar-refractivity contribution in [2.24, 2.45) is 5.73 Å². The maximum Gasteiger partial charge on any atom is 0.392 e. The second-order valence-electron chi connectivity index (χ2n) is 4.07. The zero-order valence-corrected chi connectivity index (χ0v) is 12.6. The highest BCUT2D eigenvalue weighted by atomic mass is 35.5. The highest BCUT2D eigenvalue weighted by Gasteiger charge is 2.27. The lowest BCUT2D eigenvalue weighted by Gasteiger charge is -2.15. The lowest BCUT2D eigenvalue weighted by molar-refractivity contribution is -0.139. The molecule has 4 nitrogen and oxygen atoms in total. The zero-order chi connectivity index (χ0) is 15.2. The molecule has 1 aromatic rings. The fourth-order valence-electron chi connectivity index (χ4n) is 1.67. The summed E-state index contributed by atoms with van der Waals surface area (Å²) >= 11 is 0. The SMILES string of the molecule is COc1cc(OCCC(F)(F)F)c(OC)cc1CCN.Cl. The average molecular weight is 330 g/mol. The van der Waals surface area contributed by atoms with E-state index in [1.807, 2.05) is 0 Å². The van der Waals surface area contributed by atoms with E-state index in [-0.39, 0.29) is 18.2 Å². The first-order valence-electron chi connectivity index (χ1n) is 6.05. The first-order chi connectivity index (χ1) is 9.41. The van der Waals surface area contributed by atoms with Crippen LogP contribution in [0.25, 0.3) is 0 Å². The highest BCUT2D eigenvalue weighted by molar-refractivity contribution is 5.85. The highest BCUT2D eigenvalue weighted by Crippen LogP contribution is 2.35. The van der Waals surface area contributed by atoms with Crippen molar-refractivity contribution in [3.05, 3.63) is 17.7 Å². The van der Waals surface area contributed by atoms with Gasteiger partial charge in [0.05, 0.1) is 27.2 Å². The summed E-state index contributed by atoms with van der Waals surface area (Å²) in [4.78, 5) is 0. The van der Waals surface area contributed by atoms with E-state index < -0.39 is 19.2 Å². The Morgan fingerprint density at radius 2 is 1.67 bits per heavy atom. The van der Waals surface area contributed by atoms with E-state index in [0.29, 0.717) is 24.5 Å². The fourth-order valence-corrected chi connectivity index (χ4v) is 1.67. The van der Waals surface area contributed by atoms with Gasteiger partial charge in [-0.3, -0.25) is 0 Å². The molecule has 0 amide bonds. The molecule has 0 fully saturated rings. The van der Waals surface area contributed by atoms with Crippen LogP contribution in [0.2, 0.25) is 0 Å².